The maximum absolute atomic E-state index is 12.0. The Morgan fingerprint density at radius 3 is 2.57 bits per heavy atom. The highest BCUT2D eigenvalue weighted by Crippen LogP contribution is 2.27. The molecule has 0 bridgehead atoms. The fraction of sp³-hybridized carbons (Fsp3) is 0.188. The van der Waals surface area contributed by atoms with Crippen LogP contribution in [0.2, 0.25) is 0 Å². The SMILES string of the molecule is COc1ccc(NC(=O)Nc2ccc3c(c2)CCO3)cc1. The number of urea groups is 1. The molecule has 2 aromatic carbocycles. The lowest BCUT2D eigenvalue weighted by Gasteiger charge is -2.09. The summed E-state index contributed by atoms with van der Waals surface area (Å²) in [6, 6.07) is 12.5. The maximum atomic E-state index is 12.0. The standard InChI is InChI=1S/C16H16N2O3/c1-20-14-5-2-12(3-6-14)17-16(19)18-13-4-7-15-11(10-13)8-9-21-15/h2-7,10H,8-9H2,1H3,(H2,17,18,19). The zero-order chi connectivity index (χ0) is 14.7. The summed E-state index contributed by atoms with van der Waals surface area (Å²) in [5, 5.41) is 5.58. The van der Waals surface area contributed by atoms with Gasteiger partial charge < -0.3 is 20.1 Å². The van der Waals surface area contributed by atoms with Crippen LogP contribution in [-0.4, -0.2) is 19.7 Å². The molecular weight excluding hydrogens is 268 g/mol. The largest absolute Gasteiger partial charge is 0.497 e. The third kappa shape index (κ3) is 3.08. The van der Waals surface area contributed by atoms with E-state index in [1.54, 1.807) is 31.4 Å². The molecule has 1 aliphatic heterocycles. The molecule has 0 unspecified atom stereocenters. The van der Waals surface area contributed by atoms with Crippen LogP contribution in [-0.2, 0) is 6.42 Å². The molecule has 5 nitrogen and oxygen atoms in total. The van der Waals surface area contributed by atoms with Crippen molar-refractivity contribution in [2.24, 2.45) is 0 Å². The zero-order valence-electron chi connectivity index (χ0n) is 11.7. The normalized spacial score (nSPS) is 12.2. The smallest absolute Gasteiger partial charge is 0.323 e. The van der Waals surface area contributed by atoms with Crippen LogP contribution in [0, 0.1) is 0 Å². The minimum Gasteiger partial charge on any atom is -0.497 e. The van der Waals surface area contributed by atoms with E-state index in [1.165, 1.54) is 0 Å². The van der Waals surface area contributed by atoms with Crippen LogP contribution >= 0.6 is 0 Å². The Morgan fingerprint density at radius 2 is 1.81 bits per heavy atom. The average molecular weight is 284 g/mol. The Kier molecular flexibility index (Phi) is 3.64. The van der Waals surface area contributed by atoms with Gasteiger partial charge in [-0.25, -0.2) is 4.79 Å². The number of methoxy groups -OCH3 is 1. The van der Waals surface area contributed by atoms with Crippen molar-refractivity contribution >= 4 is 17.4 Å². The first kappa shape index (κ1) is 13.3. The predicted octanol–water partition coefficient (Wildman–Crippen LogP) is 3.27. The molecule has 0 fully saturated rings. The number of anilines is 2. The van der Waals surface area contributed by atoms with Crippen molar-refractivity contribution in [3.05, 3.63) is 48.0 Å². The number of ether oxygens (including phenoxy) is 2. The van der Waals surface area contributed by atoms with Gasteiger partial charge in [0.15, 0.2) is 0 Å². The van der Waals surface area contributed by atoms with Gasteiger partial charge >= 0.3 is 6.03 Å². The van der Waals surface area contributed by atoms with Gasteiger partial charge in [-0.15, -0.1) is 0 Å². The highest BCUT2D eigenvalue weighted by Gasteiger charge is 2.12. The van der Waals surface area contributed by atoms with Crippen LogP contribution in [0.5, 0.6) is 11.5 Å². The summed E-state index contributed by atoms with van der Waals surface area (Å²) in [4.78, 5) is 12.0. The highest BCUT2D eigenvalue weighted by molar-refractivity contribution is 5.99. The molecular formula is C16H16N2O3. The Balaban J connectivity index is 1.63. The number of hydrogen-bond acceptors (Lipinski definition) is 3. The second kappa shape index (κ2) is 5.75. The molecule has 21 heavy (non-hydrogen) atoms. The average Bonchev–Trinajstić information content (AvgIpc) is 2.95. The number of rotatable bonds is 3. The van der Waals surface area contributed by atoms with Gasteiger partial charge in [0, 0.05) is 17.8 Å². The van der Waals surface area contributed by atoms with E-state index in [9.17, 15) is 4.79 Å². The third-order valence-electron chi connectivity index (χ3n) is 3.30. The second-order valence-corrected chi connectivity index (χ2v) is 4.73. The van der Waals surface area contributed by atoms with E-state index in [0.717, 1.165) is 29.2 Å². The monoisotopic (exact) mass is 284 g/mol. The molecule has 0 saturated carbocycles. The Hall–Kier alpha value is -2.69. The Morgan fingerprint density at radius 1 is 1.10 bits per heavy atom. The first-order chi connectivity index (χ1) is 10.2. The van der Waals surface area contributed by atoms with Crippen molar-refractivity contribution < 1.29 is 14.3 Å². The number of hydrogen-bond donors (Lipinski definition) is 2. The fourth-order valence-electron chi connectivity index (χ4n) is 2.23. The van der Waals surface area contributed by atoms with Crippen LogP contribution in [0.15, 0.2) is 42.5 Å². The summed E-state index contributed by atoms with van der Waals surface area (Å²) < 4.78 is 10.5. The minimum absolute atomic E-state index is 0.279. The number of nitrogens with one attached hydrogen (secondary N) is 2. The van der Waals surface area contributed by atoms with Crippen LogP contribution in [0.4, 0.5) is 16.2 Å². The van der Waals surface area contributed by atoms with Gasteiger partial charge in [0.1, 0.15) is 11.5 Å². The summed E-state index contributed by atoms with van der Waals surface area (Å²) in [6.07, 6.45) is 0.880. The molecule has 0 atom stereocenters. The van der Waals surface area contributed by atoms with Crippen molar-refractivity contribution in [2.45, 2.75) is 6.42 Å². The summed E-state index contributed by atoms with van der Waals surface area (Å²) in [5.74, 6) is 1.65. The van der Waals surface area contributed by atoms with Crippen molar-refractivity contribution in [1.29, 1.82) is 0 Å². The first-order valence-electron chi connectivity index (χ1n) is 6.72. The second-order valence-electron chi connectivity index (χ2n) is 4.73. The molecule has 2 amide bonds. The van der Waals surface area contributed by atoms with Gasteiger partial charge in [-0.1, -0.05) is 0 Å². The molecule has 0 aromatic heterocycles. The van der Waals surface area contributed by atoms with Crippen molar-refractivity contribution in [1.82, 2.24) is 0 Å². The Labute approximate surface area is 122 Å². The van der Waals surface area contributed by atoms with Gasteiger partial charge in [-0.05, 0) is 48.0 Å². The number of fused-ring (bicyclic) bond motifs is 1. The maximum Gasteiger partial charge on any atom is 0.323 e. The fourth-order valence-corrected chi connectivity index (χ4v) is 2.23. The molecule has 108 valence electrons. The lowest BCUT2D eigenvalue weighted by atomic mass is 10.1. The minimum atomic E-state index is -0.279. The number of benzene rings is 2. The molecule has 3 rings (SSSR count). The molecule has 0 aliphatic carbocycles. The van der Waals surface area contributed by atoms with Gasteiger partial charge in [-0.3, -0.25) is 0 Å². The Bertz CT molecular complexity index is 653. The van der Waals surface area contributed by atoms with E-state index in [-0.39, 0.29) is 6.03 Å². The van der Waals surface area contributed by atoms with Crippen LogP contribution in [0.25, 0.3) is 0 Å². The first-order valence-corrected chi connectivity index (χ1v) is 6.72. The molecule has 1 aliphatic rings. The molecule has 2 aromatic rings. The van der Waals surface area contributed by atoms with E-state index >= 15 is 0 Å². The molecule has 0 spiro atoms. The van der Waals surface area contributed by atoms with Crippen molar-refractivity contribution in [3.63, 3.8) is 0 Å². The van der Waals surface area contributed by atoms with E-state index in [2.05, 4.69) is 10.6 Å². The number of amides is 2. The van der Waals surface area contributed by atoms with Crippen LogP contribution < -0.4 is 20.1 Å². The summed E-state index contributed by atoms with van der Waals surface area (Å²) in [6.45, 7) is 0.705. The summed E-state index contributed by atoms with van der Waals surface area (Å²) in [7, 11) is 1.60. The zero-order valence-corrected chi connectivity index (χ0v) is 11.7. The molecule has 0 radical (unpaired) electrons. The van der Waals surface area contributed by atoms with E-state index in [1.807, 2.05) is 18.2 Å². The van der Waals surface area contributed by atoms with Crippen molar-refractivity contribution in [3.8, 4) is 11.5 Å². The molecule has 1 heterocycles. The highest BCUT2D eigenvalue weighted by atomic mass is 16.5. The number of carbonyl (C=O) groups excluding carboxylic acids is 1. The lowest BCUT2D eigenvalue weighted by Crippen LogP contribution is -2.19. The molecule has 5 heteroatoms. The van der Waals surface area contributed by atoms with Gasteiger partial charge in [0.2, 0.25) is 0 Å². The van der Waals surface area contributed by atoms with Crippen LogP contribution in [0.1, 0.15) is 5.56 Å². The van der Waals surface area contributed by atoms with E-state index in [0.29, 0.717) is 12.3 Å². The van der Waals surface area contributed by atoms with E-state index < -0.39 is 0 Å². The summed E-state index contributed by atoms with van der Waals surface area (Å²) >= 11 is 0. The van der Waals surface area contributed by atoms with Gasteiger partial charge in [0.25, 0.3) is 0 Å². The van der Waals surface area contributed by atoms with E-state index in [4.69, 9.17) is 9.47 Å². The topological polar surface area (TPSA) is 59.6 Å². The van der Waals surface area contributed by atoms with Crippen molar-refractivity contribution in [2.75, 3.05) is 24.4 Å². The third-order valence-corrected chi connectivity index (χ3v) is 3.30. The van der Waals surface area contributed by atoms with Crippen LogP contribution in [0.3, 0.4) is 0 Å². The molecule has 0 saturated heterocycles. The predicted molar refractivity (Wildman–Crippen MR) is 81.3 cm³/mol. The quantitative estimate of drug-likeness (QED) is 0.909. The molecule has 2 N–H and O–H groups in total. The van der Waals surface area contributed by atoms with Gasteiger partial charge in [0.05, 0.1) is 13.7 Å². The number of carbonyl (C=O) groups is 1. The summed E-state index contributed by atoms with van der Waals surface area (Å²) in [5.41, 5.74) is 2.58. The van der Waals surface area contributed by atoms with Gasteiger partial charge in [-0.2, -0.15) is 0 Å². The lowest BCUT2D eigenvalue weighted by molar-refractivity contribution is 0.262.